The van der Waals surface area contributed by atoms with Gasteiger partial charge in [-0.1, -0.05) is 23.9 Å². The standard InChI is InChI=1S/C20H25N5O3S/c1-12(25-14-8-5-6-10-16(14)28-13(2)19(25)27)18(26)24-11-7-9-15(24)17-21-22-20(29-4)23(17)3/h5-6,8,10,12-13,15H,7,9,11H2,1-4H3/t12-,13+,15+/m1/s1. The molecule has 3 atom stereocenters. The number of hydrogen-bond donors (Lipinski definition) is 0. The molecule has 2 aliphatic heterocycles. The normalized spacial score (nSPS) is 22.4. The van der Waals surface area contributed by atoms with Crippen molar-refractivity contribution >= 4 is 29.3 Å². The fourth-order valence-electron chi connectivity index (χ4n) is 4.15. The second-order valence-corrected chi connectivity index (χ2v) is 8.18. The number of anilines is 1. The third kappa shape index (κ3) is 3.27. The molecule has 1 fully saturated rings. The van der Waals surface area contributed by atoms with Crippen LogP contribution in [-0.4, -0.2) is 56.4 Å². The van der Waals surface area contributed by atoms with Crippen LogP contribution >= 0.6 is 11.8 Å². The maximum Gasteiger partial charge on any atom is 0.268 e. The number of benzene rings is 1. The second-order valence-electron chi connectivity index (χ2n) is 7.41. The molecule has 29 heavy (non-hydrogen) atoms. The van der Waals surface area contributed by atoms with Crippen molar-refractivity contribution in [2.24, 2.45) is 7.05 Å². The first kappa shape index (κ1) is 19.8. The number of carbonyl (C=O) groups is 2. The first-order valence-corrected chi connectivity index (χ1v) is 11.0. The lowest BCUT2D eigenvalue weighted by Gasteiger charge is -2.38. The van der Waals surface area contributed by atoms with Crippen LogP contribution in [0.1, 0.15) is 38.6 Å². The van der Waals surface area contributed by atoms with Gasteiger partial charge in [0.25, 0.3) is 5.91 Å². The Kier molecular flexibility index (Phi) is 5.24. The van der Waals surface area contributed by atoms with Gasteiger partial charge in [0.2, 0.25) is 5.91 Å². The lowest BCUT2D eigenvalue weighted by molar-refractivity contribution is -0.136. The van der Waals surface area contributed by atoms with Crippen molar-refractivity contribution in [3.63, 3.8) is 0 Å². The van der Waals surface area contributed by atoms with Crippen LogP contribution in [-0.2, 0) is 16.6 Å². The van der Waals surface area contributed by atoms with Crippen molar-refractivity contribution < 1.29 is 14.3 Å². The minimum absolute atomic E-state index is 0.0848. The summed E-state index contributed by atoms with van der Waals surface area (Å²) in [5, 5.41) is 9.37. The largest absolute Gasteiger partial charge is 0.479 e. The van der Waals surface area contributed by atoms with Gasteiger partial charge in [0.1, 0.15) is 11.8 Å². The summed E-state index contributed by atoms with van der Waals surface area (Å²) in [5.41, 5.74) is 0.635. The lowest BCUT2D eigenvalue weighted by Crippen LogP contribution is -2.54. The number of carbonyl (C=O) groups excluding carboxylic acids is 2. The summed E-state index contributed by atoms with van der Waals surface area (Å²) in [4.78, 5) is 29.8. The van der Waals surface area contributed by atoms with Gasteiger partial charge in [-0.15, -0.1) is 10.2 Å². The molecule has 2 amide bonds. The second kappa shape index (κ2) is 7.70. The molecule has 0 N–H and O–H groups in total. The molecule has 0 radical (unpaired) electrons. The maximum atomic E-state index is 13.5. The highest BCUT2D eigenvalue weighted by molar-refractivity contribution is 7.98. The topological polar surface area (TPSA) is 80.6 Å². The number of para-hydroxylation sites is 2. The average molecular weight is 416 g/mol. The molecule has 154 valence electrons. The first-order valence-electron chi connectivity index (χ1n) is 9.76. The summed E-state index contributed by atoms with van der Waals surface area (Å²) < 4.78 is 7.66. The van der Waals surface area contributed by atoms with Crippen LogP contribution in [0.3, 0.4) is 0 Å². The van der Waals surface area contributed by atoms with Gasteiger partial charge in [-0.3, -0.25) is 14.5 Å². The fourth-order valence-corrected chi connectivity index (χ4v) is 4.64. The van der Waals surface area contributed by atoms with Gasteiger partial charge in [0.05, 0.1) is 11.7 Å². The number of fused-ring (bicyclic) bond motifs is 1. The van der Waals surface area contributed by atoms with E-state index in [2.05, 4.69) is 10.2 Å². The Morgan fingerprint density at radius 3 is 2.79 bits per heavy atom. The molecule has 2 aromatic rings. The Morgan fingerprint density at radius 1 is 1.31 bits per heavy atom. The summed E-state index contributed by atoms with van der Waals surface area (Å²) in [5.74, 6) is 1.12. The molecular formula is C20H25N5O3S. The van der Waals surface area contributed by atoms with Gasteiger partial charge in [0, 0.05) is 13.6 Å². The molecule has 0 unspecified atom stereocenters. The number of rotatable bonds is 4. The molecule has 8 nitrogen and oxygen atoms in total. The van der Waals surface area contributed by atoms with Crippen LogP contribution in [0.2, 0.25) is 0 Å². The van der Waals surface area contributed by atoms with Gasteiger partial charge in [-0.25, -0.2) is 0 Å². The molecule has 1 aromatic heterocycles. The summed E-state index contributed by atoms with van der Waals surface area (Å²) in [6.45, 7) is 4.14. The SMILES string of the molecule is CSc1nnc([C@@H]2CCCN2C(=O)[C@@H](C)N2C(=O)[C@H](C)Oc3ccccc32)n1C. The Bertz CT molecular complexity index is 946. The van der Waals surface area contributed by atoms with Gasteiger partial charge in [0.15, 0.2) is 17.1 Å². The quantitative estimate of drug-likeness (QED) is 0.714. The van der Waals surface area contributed by atoms with Crippen molar-refractivity contribution in [1.29, 1.82) is 0 Å². The van der Waals surface area contributed by atoms with E-state index in [0.717, 1.165) is 23.8 Å². The summed E-state index contributed by atoms with van der Waals surface area (Å²) >= 11 is 1.53. The van der Waals surface area contributed by atoms with Crippen LogP contribution in [0, 0.1) is 0 Å². The third-order valence-corrected chi connectivity index (χ3v) is 6.36. The molecule has 2 aliphatic rings. The molecule has 0 spiro atoms. The van der Waals surface area contributed by atoms with Crippen LogP contribution in [0.15, 0.2) is 29.4 Å². The molecule has 3 heterocycles. The van der Waals surface area contributed by atoms with Crippen LogP contribution in [0.25, 0.3) is 0 Å². The third-order valence-electron chi connectivity index (χ3n) is 5.64. The lowest BCUT2D eigenvalue weighted by atomic mass is 10.1. The Labute approximate surface area is 174 Å². The van der Waals surface area contributed by atoms with Gasteiger partial charge < -0.3 is 14.2 Å². The molecule has 1 saturated heterocycles. The maximum absolute atomic E-state index is 13.5. The van der Waals surface area contributed by atoms with Crippen molar-refractivity contribution in [1.82, 2.24) is 19.7 Å². The number of ether oxygens (including phenoxy) is 1. The smallest absolute Gasteiger partial charge is 0.268 e. The first-order chi connectivity index (χ1) is 13.9. The summed E-state index contributed by atoms with van der Waals surface area (Å²) in [6, 6.07) is 6.58. The van der Waals surface area contributed by atoms with Crippen LogP contribution in [0.4, 0.5) is 5.69 Å². The highest BCUT2D eigenvalue weighted by Crippen LogP contribution is 2.37. The van der Waals surface area contributed by atoms with E-state index in [4.69, 9.17) is 4.74 Å². The zero-order chi connectivity index (χ0) is 20.7. The number of likely N-dealkylation sites (tertiary alicyclic amines) is 1. The van der Waals surface area contributed by atoms with Gasteiger partial charge >= 0.3 is 0 Å². The molecule has 1 aromatic carbocycles. The van der Waals surface area contributed by atoms with E-state index in [1.807, 2.05) is 47.0 Å². The van der Waals surface area contributed by atoms with E-state index in [-0.39, 0.29) is 17.9 Å². The van der Waals surface area contributed by atoms with Crippen molar-refractivity contribution in [3.05, 3.63) is 30.1 Å². The minimum atomic E-state index is -0.635. The van der Waals surface area contributed by atoms with E-state index >= 15 is 0 Å². The number of aromatic nitrogens is 3. The molecule has 9 heteroatoms. The molecule has 0 bridgehead atoms. The molecule has 0 aliphatic carbocycles. The average Bonchev–Trinajstić information content (AvgIpc) is 3.34. The summed E-state index contributed by atoms with van der Waals surface area (Å²) in [6.07, 6.45) is 3.06. The van der Waals surface area contributed by atoms with Crippen molar-refractivity contribution in [2.75, 3.05) is 17.7 Å². The van der Waals surface area contributed by atoms with Crippen molar-refractivity contribution in [3.8, 4) is 5.75 Å². The van der Waals surface area contributed by atoms with E-state index in [1.165, 1.54) is 11.8 Å². The van der Waals surface area contributed by atoms with E-state index < -0.39 is 12.1 Å². The van der Waals surface area contributed by atoms with Gasteiger partial charge in [-0.2, -0.15) is 0 Å². The number of nitrogens with zero attached hydrogens (tertiary/aromatic N) is 5. The van der Waals surface area contributed by atoms with E-state index in [1.54, 1.807) is 18.7 Å². The predicted molar refractivity (Wildman–Crippen MR) is 110 cm³/mol. The molecule has 4 rings (SSSR count). The van der Waals surface area contributed by atoms with Crippen LogP contribution < -0.4 is 9.64 Å². The van der Waals surface area contributed by atoms with Gasteiger partial charge in [-0.05, 0) is 45.1 Å². The summed E-state index contributed by atoms with van der Waals surface area (Å²) in [7, 11) is 1.93. The highest BCUT2D eigenvalue weighted by atomic mass is 32.2. The highest BCUT2D eigenvalue weighted by Gasteiger charge is 2.42. The predicted octanol–water partition coefficient (Wildman–Crippen LogP) is 2.40. The van der Waals surface area contributed by atoms with E-state index in [0.29, 0.717) is 18.0 Å². The fraction of sp³-hybridized carbons (Fsp3) is 0.500. The molecular weight excluding hydrogens is 390 g/mol. The van der Waals surface area contributed by atoms with Crippen LogP contribution in [0.5, 0.6) is 5.75 Å². The number of hydrogen-bond acceptors (Lipinski definition) is 6. The zero-order valence-electron chi connectivity index (χ0n) is 17.0. The number of amides is 2. The molecule has 0 saturated carbocycles. The minimum Gasteiger partial charge on any atom is -0.479 e. The monoisotopic (exact) mass is 415 g/mol. The number of thioether (sulfide) groups is 1. The van der Waals surface area contributed by atoms with Crippen molar-refractivity contribution in [2.45, 2.75) is 50.0 Å². The Hall–Kier alpha value is -2.55. The van der Waals surface area contributed by atoms with E-state index in [9.17, 15) is 9.59 Å². The Balaban J connectivity index is 1.63. The Morgan fingerprint density at radius 2 is 2.07 bits per heavy atom. The zero-order valence-corrected chi connectivity index (χ0v) is 17.8.